The van der Waals surface area contributed by atoms with Crippen molar-refractivity contribution in [2.75, 3.05) is 0 Å². The number of hydrogen-bond acceptors (Lipinski definition) is 0. The molecule has 0 saturated carbocycles. The molecule has 0 radical (unpaired) electrons. The van der Waals surface area contributed by atoms with Crippen molar-refractivity contribution in [1.82, 2.24) is 0 Å². The molecule has 0 atom stereocenters. The fourth-order valence-corrected chi connectivity index (χ4v) is 1.74. The lowest BCUT2D eigenvalue weighted by molar-refractivity contribution is 0.590. The second-order valence-corrected chi connectivity index (χ2v) is 4.60. The van der Waals surface area contributed by atoms with Gasteiger partial charge < -0.3 is 0 Å². The first-order valence-corrected chi connectivity index (χ1v) is 4.75. The third kappa shape index (κ3) is 2.35. The smallest absolute Gasteiger partial charge is 0.0449 e. The summed E-state index contributed by atoms with van der Waals surface area (Å²) in [5.74, 6) is 0. The predicted octanol–water partition coefficient (Wildman–Crippen LogP) is 4.28. The molecular formula is C12H15Cl. The molecule has 0 aromatic heterocycles. The Kier molecular flexibility index (Phi) is 2.82. The molecule has 1 aromatic rings. The zero-order valence-electron chi connectivity index (χ0n) is 8.39. The Bertz CT molecular complexity index is 318. The van der Waals surface area contributed by atoms with Crippen LogP contribution < -0.4 is 0 Å². The second kappa shape index (κ2) is 3.55. The summed E-state index contributed by atoms with van der Waals surface area (Å²) in [7, 11) is 0. The molecule has 0 nitrogen and oxygen atoms in total. The monoisotopic (exact) mass is 194 g/mol. The molecule has 0 heterocycles. The van der Waals surface area contributed by atoms with Crippen LogP contribution in [0.25, 0.3) is 6.08 Å². The summed E-state index contributed by atoms with van der Waals surface area (Å²) in [4.78, 5) is 0. The molecule has 1 heteroatoms. The highest BCUT2D eigenvalue weighted by Gasteiger charge is 2.16. The fraction of sp³-hybridized carbons (Fsp3) is 0.333. The van der Waals surface area contributed by atoms with Crippen LogP contribution >= 0.6 is 11.6 Å². The molecule has 0 spiro atoms. The second-order valence-electron chi connectivity index (χ2n) is 4.19. The van der Waals surface area contributed by atoms with Crippen molar-refractivity contribution in [1.29, 1.82) is 0 Å². The van der Waals surface area contributed by atoms with Gasteiger partial charge in [0.05, 0.1) is 0 Å². The van der Waals surface area contributed by atoms with Crippen molar-refractivity contribution < 1.29 is 0 Å². The van der Waals surface area contributed by atoms with Crippen LogP contribution in [0.3, 0.4) is 0 Å². The standard InChI is InChI=1S/C12H15Cl/c1-5-9-6-7-10(11(13)8-9)12(2,3)4/h5-8H,1H2,2-4H3. The first kappa shape index (κ1) is 10.3. The average Bonchev–Trinajstić information content (AvgIpc) is 2.01. The molecule has 0 aliphatic rings. The first-order valence-electron chi connectivity index (χ1n) is 4.37. The maximum atomic E-state index is 6.15. The summed E-state index contributed by atoms with van der Waals surface area (Å²) in [6.07, 6.45) is 1.80. The Morgan fingerprint density at radius 2 is 1.92 bits per heavy atom. The van der Waals surface area contributed by atoms with Gasteiger partial charge in [0, 0.05) is 5.02 Å². The van der Waals surface area contributed by atoms with Gasteiger partial charge in [0.15, 0.2) is 0 Å². The summed E-state index contributed by atoms with van der Waals surface area (Å²) in [6.45, 7) is 10.2. The largest absolute Gasteiger partial charge is 0.0985 e. The van der Waals surface area contributed by atoms with Crippen LogP contribution in [-0.4, -0.2) is 0 Å². The number of benzene rings is 1. The van der Waals surface area contributed by atoms with Crippen LogP contribution in [-0.2, 0) is 5.41 Å². The third-order valence-electron chi connectivity index (χ3n) is 2.04. The molecule has 13 heavy (non-hydrogen) atoms. The summed E-state index contributed by atoms with van der Waals surface area (Å²) < 4.78 is 0. The zero-order chi connectivity index (χ0) is 10.1. The molecule has 0 N–H and O–H groups in total. The van der Waals surface area contributed by atoms with Gasteiger partial charge in [-0.05, 0) is 22.6 Å². The molecule has 0 saturated heterocycles. The van der Waals surface area contributed by atoms with Crippen molar-refractivity contribution in [2.24, 2.45) is 0 Å². The van der Waals surface area contributed by atoms with E-state index >= 15 is 0 Å². The highest BCUT2D eigenvalue weighted by atomic mass is 35.5. The molecule has 0 amide bonds. The highest BCUT2D eigenvalue weighted by molar-refractivity contribution is 6.31. The number of rotatable bonds is 1. The third-order valence-corrected chi connectivity index (χ3v) is 2.35. The Hall–Kier alpha value is -0.750. The van der Waals surface area contributed by atoms with E-state index < -0.39 is 0 Å². The van der Waals surface area contributed by atoms with Gasteiger partial charge in [0.2, 0.25) is 0 Å². The molecule has 1 aromatic carbocycles. The predicted molar refractivity (Wildman–Crippen MR) is 60.2 cm³/mol. The van der Waals surface area contributed by atoms with E-state index in [1.165, 1.54) is 5.56 Å². The Morgan fingerprint density at radius 1 is 1.31 bits per heavy atom. The lowest BCUT2D eigenvalue weighted by atomic mass is 9.86. The van der Waals surface area contributed by atoms with Gasteiger partial charge in [-0.15, -0.1) is 0 Å². The van der Waals surface area contributed by atoms with Crippen LogP contribution in [0.1, 0.15) is 31.9 Å². The van der Waals surface area contributed by atoms with Gasteiger partial charge in [0.1, 0.15) is 0 Å². The van der Waals surface area contributed by atoms with Gasteiger partial charge in [-0.2, -0.15) is 0 Å². The SMILES string of the molecule is C=Cc1ccc(C(C)(C)C)c(Cl)c1. The van der Waals surface area contributed by atoms with E-state index in [1.54, 1.807) is 6.08 Å². The van der Waals surface area contributed by atoms with Crippen molar-refractivity contribution in [2.45, 2.75) is 26.2 Å². The molecule has 0 unspecified atom stereocenters. The van der Waals surface area contributed by atoms with Crippen molar-refractivity contribution in [3.05, 3.63) is 40.9 Å². The van der Waals surface area contributed by atoms with Crippen LogP contribution in [0.4, 0.5) is 0 Å². The Morgan fingerprint density at radius 3 is 2.31 bits per heavy atom. The molecular weight excluding hydrogens is 180 g/mol. The van der Waals surface area contributed by atoms with E-state index in [-0.39, 0.29) is 5.41 Å². The Labute approximate surface area is 85.2 Å². The van der Waals surface area contributed by atoms with Gasteiger partial charge in [-0.3, -0.25) is 0 Å². The minimum Gasteiger partial charge on any atom is -0.0985 e. The molecule has 1 rings (SSSR count). The highest BCUT2D eigenvalue weighted by Crippen LogP contribution is 2.30. The van der Waals surface area contributed by atoms with Gasteiger partial charge in [-0.1, -0.05) is 57.2 Å². The first-order chi connectivity index (χ1) is 5.95. The maximum Gasteiger partial charge on any atom is 0.0449 e. The molecule has 0 aliphatic carbocycles. The Balaban J connectivity index is 3.20. The lowest BCUT2D eigenvalue weighted by Crippen LogP contribution is -2.11. The molecule has 70 valence electrons. The normalized spacial score (nSPS) is 11.4. The van der Waals surface area contributed by atoms with E-state index in [0.29, 0.717) is 0 Å². The summed E-state index contributed by atoms with van der Waals surface area (Å²) in [5, 5.41) is 0.824. The maximum absolute atomic E-state index is 6.15. The van der Waals surface area contributed by atoms with Crippen LogP contribution in [0.2, 0.25) is 5.02 Å². The molecule has 0 bridgehead atoms. The number of hydrogen-bond donors (Lipinski definition) is 0. The number of halogens is 1. The summed E-state index contributed by atoms with van der Waals surface area (Å²) in [6, 6.07) is 6.06. The van der Waals surface area contributed by atoms with Crippen LogP contribution in [0, 0.1) is 0 Å². The quantitative estimate of drug-likeness (QED) is 0.626. The van der Waals surface area contributed by atoms with E-state index in [9.17, 15) is 0 Å². The topological polar surface area (TPSA) is 0 Å². The van der Waals surface area contributed by atoms with Gasteiger partial charge in [-0.25, -0.2) is 0 Å². The zero-order valence-corrected chi connectivity index (χ0v) is 9.15. The van der Waals surface area contributed by atoms with E-state index in [2.05, 4.69) is 33.4 Å². The van der Waals surface area contributed by atoms with Crippen LogP contribution in [0.5, 0.6) is 0 Å². The lowest BCUT2D eigenvalue weighted by Gasteiger charge is -2.20. The van der Waals surface area contributed by atoms with Crippen molar-refractivity contribution in [3.8, 4) is 0 Å². The molecule has 0 fully saturated rings. The van der Waals surface area contributed by atoms with Crippen LogP contribution in [0.15, 0.2) is 24.8 Å². The van der Waals surface area contributed by atoms with Gasteiger partial charge >= 0.3 is 0 Å². The van der Waals surface area contributed by atoms with E-state index in [1.807, 2.05) is 12.1 Å². The summed E-state index contributed by atoms with van der Waals surface area (Å²) in [5.41, 5.74) is 2.36. The van der Waals surface area contributed by atoms with Crippen molar-refractivity contribution >= 4 is 17.7 Å². The fourth-order valence-electron chi connectivity index (χ4n) is 1.27. The minimum absolute atomic E-state index is 0.108. The molecule has 0 aliphatic heterocycles. The van der Waals surface area contributed by atoms with Crippen molar-refractivity contribution in [3.63, 3.8) is 0 Å². The minimum atomic E-state index is 0.108. The van der Waals surface area contributed by atoms with E-state index in [4.69, 9.17) is 11.6 Å². The average molecular weight is 195 g/mol. The summed E-state index contributed by atoms with van der Waals surface area (Å²) >= 11 is 6.15. The van der Waals surface area contributed by atoms with E-state index in [0.717, 1.165) is 10.6 Å². The van der Waals surface area contributed by atoms with Gasteiger partial charge in [0.25, 0.3) is 0 Å².